The van der Waals surface area contributed by atoms with Crippen molar-refractivity contribution in [1.82, 2.24) is 0 Å². The molecule has 0 fully saturated rings. The summed E-state index contributed by atoms with van der Waals surface area (Å²) >= 11 is 0. The molecule has 0 N–H and O–H groups in total. The first-order chi connectivity index (χ1) is 41.0. The van der Waals surface area contributed by atoms with Crippen LogP contribution >= 0.6 is 0 Å². The van der Waals surface area contributed by atoms with Gasteiger partial charge in [-0.15, -0.1) is 0 Å². The molecule has 0 aliphatic heterocycles. The molecule has 0 saturated carbocycles. The third-order valence-corrected chi connectivity index (χ3v) is 15.9. The van der Waals surface area contributed by atoms with E-state index >= 15 is 0 Å². The standard InChI is InChI=1S/C77H136O6/c1-4-7-10-13-16-19-22-25-27-29-31-33-35-36-37-38-39-40-42-43-45-47-49-52-55-58-61-64-67-70-76(79)82-73-74(72-81-75(78)69-66-63-60-57-54-51-24-21-18-15-12-9-6-3)83-77(80)71-68-65-62-59-56-53-50-48-46-44-41-34-32-30-28-26-23-20-17-14-11-8-5-2/h7,10,16,19,25,27,30-33,36-37,39-40,74H,4-6,8-9,11-15,17-18,20-24,26,28-29,34-35,38,41-73H2,1-3H3/b10-7-,19-16-,27-25-,32-30-,33-31-,37-36-,40-39-. The van der Waals surface area contributed by atoms with Gasteiger partial charge in [-0.25, -0.2) is 0 Å². The van der Waals surface area contributed by atoms with Crippen LogP contribution in [0.15, 0.2) is 85.1 Å². The zero-order valence-electron chi connectivity index (χ0n) is 55.2. The number of hydrogen-bond acceptors (Lipinski definition) is 6. The number of carbonyl (C=O) groups is 3. The second-order valence-electron chi connectivity index (χ2n) is 24.1. The van der Waals surface area contributed by atoms with Crippen molar-refractivity contribution in [2.75, 3.05) is 13.2 Å². The van der Waals surface area contributed by atoms with Gasteiger partial charge in [0.25, 0.3) is 0 Å². The van der Waals surface area contributed by atoms with E-state index in [9.17, 15) is 14.4 Å². The number of esters is 3. The summed E-state index contributed by atoms with van der Waals surface area (Å²) in [5, 5.41) is 0. The van der Waals surface area contributed by atoms with Crippen LogP contribution in [0.4, 0.5) is 0 Å². The largest absolute Gasteiger partial charge is 0.462 e. The summed E-state index contributed by atoms with van der Waals surface area (Å²) in [7, 11) is 0. The van der Waals surface area contributed by atoms with E-state index in [1.54, 1.807) is 0 Å². The molecule has 0 heterocycles. The predicted molar refractivity (Wildman–Crippen MR) is 362 cm³/mol. The van der Waals surface area contributed by atoms with Crippen LogP contribution in [0.5, 0.6) is 0 Å². The van der Waals surface area contributed by atoms with Gasteiger partial charge in [-0.1, -0.05) is 337 Å². The highest BCUT2D eigenvalue weighted by Gasteiger charge is 2.19. The van der Waals surface area contributed by atoms with Crippen molar-refractivity contribution in [2.24, 2.45) is 0 Å². The van der Waals surface area contributed by atoms with Crippen LogP contribution in [0, 0.1) is 0 Å². The van der Waals surface area contributed by atoms with Gasteiger partial charge in [0.2, 0.25) is 0 Å². The maximum Gasteiger partial charge on any atom is 0.306 e. The SMILES string of the molecule is CC/C=C\C/C=C\C/C=C\C/C=C\C/C=C\C/C=C\CCCCCCCCCCCCC(=O)OCC(COC(=O)CCCCCCCCCCCCCCC)OC(=O)CCCCCCCCCCCCC/C=C\CCCCCCCCCC. The summed E-state index contributed by atoms with van der Waals surface area (Å²) in [4.78, 5) is 38.5. The molecular formula is C77H136O6. The second kappa shape index (κ2) is 71.1. The minimum atomic E-state index is -0.778. The minimum absolute atomic E-state index is 0.0732. The smallest absolute Gasteiger partial charge is 0.306 e. The van der Waals surface area contributed by atoms with E-state index in [-0.39, 0.29) is 31.1 Å². The average Bonchev–Trinajstić information content (AvgIpc) is 3.49. The van der Waals surface area contributed by atoms with Gasteiger partial charge >= 0.3 is 17.9 Å². The Balaban J connectivity index is 4.27. The monoisotopic (exact) mass is 1160 g/mol. The molecule has 0 aliphatic rings. The molecule has 1 atom stereocenters. The fourth-order valence-electron chi connectivity index (χ4n) is 10.5. The molecule has 0 amide bonds. The van der Waals surface area contributed by atoms with E-state index in [1.165, 1.54) is 231 Å². The maximum atomic E-state index is 13.0. The molecule has 0 spiro atoms. The van der Waals surface area contributed by atoms with Gasteiger partial charge in [-0.3, -0.25) is 14.4 Å². The van der Waals surface area contributed by atoms with E-state index in [4.69, 9.17) is 14.2 Å². The van der Waals surface area contributed by atoms with Gasteiger partial charge in [0.05, 0.1) is 0 Å². The van der Waals surface area contributed by atoms with Crippen LogP contribution in [-0.4, -0.2) is 37.2 Å². The number of ether oxygens (including phenoxy) is 3. The lowest BCUT2D eigenvalue weighted by Gasteiger charge is -2.18. The Kier molecular flexibility index (Phi) is 68.2. The first kappa shape index (κ1) is 79.6. The normalized spacial score (nSPS) is 12.6. The molecule has 0 aliphatic carbocycles. The molecule has 480 valence electrons. The molecule has 0 saturated heterocycles. The van der Waals surface area contributed by atoms with E-state index in [0.29, 0.717) is 19.3 Å². The highest BCUT2D eigenvalue weighted by molar-refractivity contribution is 5.71. The maximum absolute atomic E-state index is 13.0. The number of hydrogen-bond donors (Lipinski definition) is 0. The third kappa shape index (κ3) is 69.3. The summed E-state index contributed by atoms with van der Waals surface area (Å²) < 4.78 is 17.0. The highest BCUT2D eigenvalue weighted by Crippen LogP contribution is 2.18. The Labute approximate surface area is 515 Å². The molecule has 6 nitrogen and oxygen atoms in total. The number of rotatable bonds is 66. The number of unbranched alkanes of at least 4 members (excludes halogenated alkanes) is 41. The summed E-state index contributed by atoms with van der Waals surface area (Å²) in [5.41, 5.74) is 0. The van der Waals surface area contributed by atoms with Crippen LogP contribution in [-0.2, 0) is 28.6 Å². The van der Waals surface area contributed by atoms with Crippen molar-refractivity contribution in [3.05, 3.63) is 85.1 Å². The molecule has 0 aromatic carbocycles. The molecule has 0 aromatic heterocycles. The van der Waals surface area contributed by atoms with E-state index in [1.807, 2.05) is 0 Å². The van der Waals surface area contributed by atoms with Gasteiger partial charge in [-0.05, 0) is 96.3 Å². The van der Waals surface area contributed by atoms with Crippen molar-refractivity contribution < 1.29 is 28.6 Å². The minimum Gasteiger partial charge on any atom is -0.462 e. The van der Waals surface area contributed by atoms with Crippen molar-refractivity contribution in [2.45, 2.75) is 374 Å². The Morgan fingerprint density at radius 1 is 0.253 bits per heavy atom. The summed E-state index contributed by atoms with van der Waals surface area (Å²) in [6, 6.07) is 0. The fraction of sp³-hybridized carbons (Fsp3) is 0.779. The molecule has 1 unspecified atom stereocenters. The molecule has 0 aromatic rings. The summed E-state index contributed by atoms with van der Waals surface area (Å²) in [6.45, 7) is 6.57. The van der Waals surface area contributed by atoms with Crippen molar-refractivity contribution in [3.8, 4) is 0 Å². The molecule has 0 rings (SSSR count). The zero-order chi connectivity index (χ0) is 59.9. The van der Waals surface area contributed by atoms with Gasteiger partial charge < -0.3 is 14.2 Å². The topological polar surface area (TPSA) is 78.9 Å². The fourth-order valence-corrected chi connectivity index (χ4v) is 10.5. The van der Waals surface area contributed by atoms with Crippen LogP contribution in [0.25, 0.3) is 0 Å². The number of allylic oxidation sites excluding steroid dienone is 14. The van der Waals surface area contributed by atoms with E-state index in [0.717, 1.165) is 96.3 Å². The summed E-state index contributed by atoms with van der Waals surface area (Å²) in [6.07, 6.45) is 94.7. The molecular weight excluding hydrogens is 1020 g/mol. The average molecular weight is 1160 g/mol. The van der Waals surface area contributed by atoms with Crippen LogP contribution in [0.2, 0.25) is 0 Å². The molecule has 0 radical (unpaired) electrons. The lowest BCUT2D eigenvalue weighted by molar-refractivity contribution is -0.167. The first-order valence-electron chi connectivity index (χ1n) is 36.1. The van der Waals surface area contributed by atoms with E-state index < -0.39 is 6.10 Å². The van der Waals surface area contributed by atoms with Gasteiger partial charge in [0.1, 0.15) is 13.2 Å². The lowest BCUT2D eigenvalue weighted by Crippen LogP contribution is -2.30. The lowest BCUT2D eigenvalue weighted by atomic mass is 10.0. The second-order valence-corrected chi connectivity index (χ2v) is 24.1. The Bertz CT molecular complexity index is 1570. The Hall–Kier alpha value is -3.41. The van der Waals surface area contributed by atoms with Gasteiger partial charge in [-0.2, -0.15) is 0 Å². The van der Waals surface area contributed by atoms with Gasteiger partial charge in [0, 0.05) is 19.3 Å². The number of carbonyl (C=O) groups excluding carboxylic acids is 3. The van der Waals surface area contributed by atoms with Crippen LogP contribution in [0.3, 0.4) is 0 Å². The first-order valence-corrected chi connectivity index (χ1v) is 36.1. The Morgan fingerprint density at radius 3 is 0.747 bits per heavy atom. The Morgan fingerprint density at radius 2 is 0.470 bits per heavy atom. The highest BCUT2D eigenvalue weighted by atomic mass is 16.6. The third-order valence-electron chi connectivity index (χ3n) is 15.9. The molecule has 6 heteroatoms. The quantitative estimate of drug-likeness (QED) is 0.0261. The van der Waals surface area contributed by atoms with Gasteiger partial charge in [0.15, 0.2) is 6.10 Å². The van der Waals surface area contributed by atoms with Crippen LogP contribution < -0.4 is 0 Å². The van der Waals surface area contributed by atoms with Crippen molar-refractivity contribution in [3.63, 3.8) is 0 Å². The van der Waals surface area contributed by atoms with E-state index in [2.05, 4.69) is 106 Å². The van der Waals surface area contributed by atoms with Crippen molar-refractivity contribution >= 4 is 17.9 Å². The molecule has 0 bridgehead atoms. The van der Waals surface area contributed by atoms with Crippen molar-refractivity contribution in [1.29, 1.82) is 0 Å². The molecule has 83 heavy (non-hydrogen) atoms. The summed E-state index contributed by atoms with van der Waals surface area (Å²) in [5.74, 6) is -0.858. The predicted octanol–water partition coefficient (Wildman–Crippen LogP) is 25.0. The zero-order valence-corrected chi connectivity index (χ0v) is 55.2. The van der Waals surface area contributed by atoms with Crippen LogP contribution in [0.1, 0.15) is 367 Å².